The van der Waals surface area contributed by atoms with Gasteiger partial charge in [0.05, 0.1) is 0 Å². The van der Waals surface area contributed by atoms with Crippen LogP contribution < -0.4 is 11.2 Å². The van der Waals surface area contributed by atoms with Crippen LogP contribution in [0.25, 0.3) is 0 Å². The van der Waals surface area contributed by atoms with Crippen molar-refractivity contribution in [2.24, 2.45) is 5.84 Å². The standard InChI is InChI=1S/C6H17N3/c1-6(8-2)4-5-9(3)7/h6,8H,4-5,7H2,1-3H3. The number of rotatable bonds is 4. The summed E-state index contributed by atoms with van der Waals surface area (Å²) in [4.78, 5) is 0. The first-order valence-electron chi connectivity index (χ1n) is 3.30. The van der Waals surface area contributed by atoms with Crippen LogP contribution in [-0.4, -0.2) is 31.7 Å². The van der Waals surface area contributed by atoms with E-state index in [0.29, 0.717) is 6.04 Å². The minimum atomic E-state index is 0.566. The largest absolute Gasteiger partial charge is 0.317 e. The fourth-order valence-electron chi connectivity index (χ4n) is 0.542. The van der Waals surface area contributed by atoms with Gasteiger partial charge in [-0.25, -0.2) is 0 Å². The molecule has 0 rings (SSSR count). The predicted molar refractivity (Wildman–Crippen MR) is 40.0 cm³/mol. The lowest BCUT2D eigenvalue weighted by atomic mass is 10.2. The Hall–Kier alpha value is -0.120. The van der Waals surface area contributed by atoms with E-state index in [4.69, 9.17) is 5.84 Å². The summed E-state index contributed by atoms with van der Waals surface area (Å²) >= 11 is 0. The molecule has 0 saturated carbocycles. The summed E-state index contributed by atoms with van der Waals surface area (Å²) in [6.45, 7) is 3.09. The van der Waals surface area contributed by atoms with Gasteiger partial charge in [-0.2, -0.15) is 0 Å². The minimum absolute atomic E-state index is 0.566. The van der Waals surface area contributed by atoms with E-state index in [-0.39, 0.29) is 0 Å². The van der Waals surface area contributed by atoms with E-state index < -0.39 is 0 Å². The van der Waals surface area contributed by atoms with Crippen LogP contribution in [0.1, 0.15) is 13.3 Å². The van der Waals surface area contributed by atoms with Crippen molar-refractivity contribution in [1.29, 1.82) is 0 Å². The number of nitrogens with zero attached hydrogens (tertiary/aromatic N) is 1. The fourth-order valence-corrected chi connectivity index (χ4v) is 0.542. The topological polar surface area (TPSA) is 41.3 Å². The second-order valence-electron chi connectivity index (χ2n) is 2.46. The van der Waals surface area contributed by atoms with Crippen molar-refractivity contribution in [2.75, 3.05) is 20.6 Å². The van der Waals surface area contributed by atoms with Gasteiger partial charge in [0.15, 0.2) is 0 Å². The summed E-state index contributed by atoms with van der Waals surface area (Å²) in [6, 6.07) is 0.566. The first kappa shape index (κ1) is 8.88. The second kappa shape index (κ2) is 4.73. The van der Waals surface area contributed by atoms with E-state index >= 15 is 0 Å². The molecule has 0 aliphatic rings. The molecule has 9 heavy (non-hydrogen) atoms. The third kappa shape index (κ3) is 5.76. The highest BCUT2D eigenvalue weighted by atomic mass is 15.4. The molecule has 3 heteroatoms. The fraction of sp³-hybridized carbons (Fsp3) is 1.00. The smallest absolute Gasteiger partial charge is 0.0140 e. The maximum Gasteiger partial charge on any atom is 0.0140 e. The molecule has 0 fully saturated rings. The monoisotopic (exact) mass is 131 g/mol. The van der Waals surface area contributed by atoms with Crippen LogP contribution in [0.4, 0.5) is 0 Å². The van der Waals surface area contributed by atoms with E-state index in [9.17, 15) is 0 Å². The van der Waals surface area contributed by atoms with Crippen molar-refractivity contribution in [1.82, 2.24) is 10.3 Å². The van der Waals surface area contributed by atoms with Crippen molar-refractivity contribution in [2.45, 2.75) is 19.4 Å². The van der Waals surface area contributed by atoms with Gasteiger partial charge in [0.25, 0.3) is 0 Å². The number of hydrogen-bond acceptors (Lipinski definition) is 3. The molecule has 56 valence electrons. The first-order chi connectivity index (χ1) is 4.16. The van der Waals surface area contributed by atoms with Crippen LogP contribution in [0.2, 0.25) is 0 Å². The van der Waals surface area contributed by atoms with Gasteiger partial charge in [0.1, 0.15) is 0 Å². The second-order valence-corrected chi connectivity index (χ2v) is 2.46. The molecule has 0 aromatic rings. The van der Waals surface area contributed by atoms with Crippen LogP contribution in [0.3, 0.4) is 0 Å². The summed E-state index contributed by atoms with van der Waals surface area (Å²) in [7, 11) is 3.84. The number of hydrazine groups is 1. The lowest BCUT2D eigenvalue weighted by molar-refractivity contribution is 0.325. The molecule has 1 atom stereocenters. The van der Waals surface area contributed by atoms with Gasteiger partial charge in [-0.05, 0) is 20.4 Å². The van der Waals surface area contributed by atoms with Gasteiger partial charge in [0.2, 0.25) is 0 Å². The summed E-state index contributed by atoms with van der Waals surface area (Å²) < 4.78 is 0. The molecule has 0 aliphatic carbocycles. The summed E-state index contributed by atoms with van der Waals surface area (Å²) in [6.07, 6.45) is 1.10. The highest BCUT2D eigenvalue weighted by molar-refractivity contribution is 4.57. The third-order valence-corrected chi connectivity index (χ3v) is 1.41. The maximum absolute atomic E-state index is 5.40. The van der Waals surface area contributed by atoms with Crippen molar-refractivity contribution >= 4 is 0 Å². The highest BCUT2D eigenvalue weighted by Gasteiger charge is 1.97. The maximum atomic E-state index is 5.40. The van der Waals surface area contributed by atoms with Crippen LogP contribution >= 0.6 is 0 Å². The van der Waals surface area contributed by atoms with Crippen molar-refractivity contribution in [3.8, 4) is 0 Å². The zero-order chi connectivity index (χ0) is 7.28. The molecular weight excluding hydrogens is 114 g/mol. The average Bonchev–Trinajstić information content (AvgIpc) is 1.83. The van der Waals surface area contributed by atoms with E-state index in [0.717, 1.165) is 13.0 Å². The molecule has 0 amide bonds. The van der Waals surface area contributed by atoms with Gasteiger partial charge in [-0.3, -0.25) is 10.9 Å². The third-order valence-electron chi connectivity index (χ3n) is 1.41. The predicted octanol–water partition coefficient (Wildman–Crippen LogP) is -0.210. The Morgan fingerprint density at radius 1 is 1.67 bits per heavy atom. The van der Waals surface area contributed by atoms with Gasteiger partial charge in [-0.1, -0.05) is 0 Å². The Kier molecular flexibility index (Phi) is 4.67. The van der Waals surface area contributed by atoms with Crippen LogP contribution in [0, 0.1) is 0 Å². The Morgan fingerprint density at radius 2 is 2.22 bits per heavy atom. The van der Waals surface area contributed by atoms with Gasteiger partial charge >= 0.3 is 0 Å². The number of nitrogens with two attached hydrogens (primary N) is 1. The van der Waals surface area contributed by atoms with Gasteiger partial charge in [-0.15, -0.1) is 0 Å². The Balaban J connectivity index is 3.06. The van der Waals surface area contributed by atoms with E-state index in [1.165, 1.54) is 0 Å². The molecule has 0 aromatic carbocycles. The highest BCUT2D eigenvalue weighted by Crippen LogP contribution is 1.87. The lowest BCUT2D eigenvalue weighted by Crippen LogP contribution is -2.32. The molecule has 0 heterocycles. The van der Waals surface area contributed by atoms with E-state index in [2.05, 4.69) is 12.2 Å². The SMILES string of the molecule is CNC(C)CCN(C)N. The Morgan fingerprint density at radius 3 is 2.56 bits per heavy atom. The lowest BCUT2D eigenvalue weighted by Gasteiger charge is -2.13. The molecule has 1 unspecified atom stereocenters. The molecule has 0 aromatic heterocycles. The molecular formula is C6H17N3. The molecule has 0 saturated heterocycles. The molecule has 0 aliphatic heterocycles. The quantitative estimate of drug-likeness (QED) is 0.410. The van der Waals surface area contributed by atoms with Crippen LogP contribution in [0.15, 0.2) is 0 Å². The van der Waals surface area contributed by atoms with Crippen molar-refractivity contribution in [3.63, 3.8) is 0 Å². The van der Waals surface area contributed by atoms with Gasteiger partial charge < -0.3 is 5.32 Å². The molecule has 3 nitrogen and oxygen atoms in total. The minimum Gasteiger partial charge on any atom is -0.317 e. The molecule has 0 radical (unpaired) electrons. The molecule has 0 bridgehead atoms. The zero-order valence-corrected chi connectivity index (χ0v) is 6.52. The van der Waals surface area contributed by atoms with Crippen LogP contribution in [-0.2, 0) is 0 Å². The van der Waals surface area contributed by atoms with Crippen LogP contribution in [0.5, 0.6) is 0 Å². The number of hydrogen-bond donors (Lipinski definition) is 2. The molecule has 0 spiro atoms. The van der Waals surface area contributed by atoms with Gasteiger partial charge in [0, 0.05) is 19.6 Å². The van der Waals surface area contributed by atoms with E-state index in [1.54, 1.807) is 5.01 Å². The number of nitrogens with one attached hydrogen (secondary N) is 1. The zero-order valence-electron chi connectivity index (χ0n) is 6.52. The van der Waals surface area contributed by atoms with Crippen molar-refractivity contribution in [3.05, 3.63) is 0 Å². The Labute approximate surface area is 57.2 Å². The Bertz CT molecular complexity index is 63.3. The van der Waals surface area contributed by atoms with E-state index in [1.807, 2.05) is 14.1 Å². The summed E-state index contributed by atoms with van der Waals surface area (Å²) in [5.41, 5.74) is 0. The summed E-state index contributed by atoms with van der Waals surface area (Å²) in [5.74, 6) is 5.40. The first-order valence-corrected chi connectivity index (χ1v) is 3.30. The van der Waals surface area contributed by atoms with Crippen molar-refractivity contribution < 1.29 is 0 Å². The normalized spacial score (nSPS) is 14.3. The summed E-state index contributed by atoms with van der Waals surface area (Å²) in [5, 5.41) is 4.84. The average molecular weight is 131 g/mol. The molecule has 3 N–H and O–H groups in total.